The molecule has 1 saturated heterocycles. The van der Waals surface area contributed by atoms with Crippen molar-refractivity contribution >= 4 is 0 Å². The summed E-state index contributed by atoms with van der Waals surface area (Å²) < 4.78 is 26.3. The third-order valence-electron chi connectivity index (χ3n) is 2.57. The van der Waals surface area contributed by atoms with Crippen LogP contribution < -0.4 is 5.32 Å². The minimum absolute atomic E-state index is 0.428. The first-order valence-corrected chi connectivity index (χ1v) is 5.06. The van der Waals surface area contributed by atoms with E-state index < -0.39 is 11.6 Å². The second kappa shape index (κ2) is 4.68. The lowest BCUT2D eigenvalue weighted by Crippen LogP contribution is -2.39. The van der Waals surface area contributed by atoms with Crippen LogP contribution in [0.15, 0.2) is 18.2 Å². The van der Waals surface area contributed by atoms with Gasteiger partial charge in [0.1, 0.15) is 0 Å². The van der Waals surface area contributed by atoms with Crippen molar-refractivity contribution < 1.29 is 8.78 Å². The maximum Gasteiger partial charge on any atom is 0.163 e. The first kappa shape index (κ1) is 10.5. The van der Waals surface area contributed by atoms with E-state index in [1.54, 1.807) is 12.1 Å². The van der Waals surface area contributed by atoms with Crippen LogP contribution >= 0.6 is 0 Å². The predicted octanol–water partition coefficient (Wildman–Crippen LogP) is 1.38. The van der Waals surface area contributed by atoms with Gasteiger partial charge in [-0.05, 0) is 6.07 Å². The maximum absolute atomic E-state index is 13.3. The summed E-state index contributed by atoms with van der Waals surface area (Å²) in [6, 6.07) is 4.32. The van der Waals surface area contributed by atoms with Gasteiger partial charge in [0.25, 0.3) is 0 Å². The molecule has 1 heterocycles. The highest BCUT2D eigenvalue weighted by Crippen LogP contribution is 2.13. The third kappa shape index (κ3) is 2.52. The van der Waals surface area contributed by atoms with Gasteiger partial charge in [0.15, 0.2) is 11.6 Å². The molecule has 0 aromatic heterocycles. The van der Waals surface area contributed by atoms with Crippen molar-refractivity contribution in [2.45, 2.75) is 6.54 Å². The highest BCUT2D eigenvalue weighted by Gasteiger charge is 2.14. The van der Waals surface area contributed by atoms with Crippen LogP contribution in [0.4, 0.5) is 8.78 Å². The van der Waals surface area contributed by atoms with E-state index >= 15 is 0 Å². The molecule has 0 atom stereocenters. The molecule has 0 saturated carbocycles. The molecule has 2 rings (SSSR count). The molecule has 1 aliphatic heterocycles. The van der Waals surface area contributed by atoms with E-state index in [9.17, 15) is 8.78 Å². The normalized spacial score (nSPS) is 18.0. The van der Waals surface area contributed by atoms with E-state index in [-0.39, 0.29) is 0 Å². The van der Waals surface area contributed by atoms with E-state index in [0.717, 1.165) is 32.2 Å². The summed E-state index contributed by atoms with van der Waals surface area (Å²) in [6.45, 7) is 3.71. The van der Waals surface area contributed by atoms with Gasteiger partial charge < -0.3 is 0 Å². The Hall–Kier alpha value is -1.00. The predicted molar refractivity (Wildman–Crippen MR) is 53.5 cm³/mol. The lowest BCUT2D eigenvalue weighted by Gasteiger charge is -2.26. The molecule has 0 unspecified atom stereocenters. The highest BCUT2D eigenvalue weighted by atomic mass is 19.2. The Labute approximate surface area is 87.9 Å². The van der Waals surface area contributed by atoms with Crippen molar-refractivity contribution in [3.8, 4) is 0 Å². The molecule has 1 fully saturated rings. The molecule has 0 N–H and O–H groups in total. The lowest BCUT2D eigenvalue weighted by molar-refractivity contribution is 0.227. The number of benzene rings is 1. The molecule has 1 aliphatic rings. The van der Waals surface area contributed by atoms with Gasteiger partial charge >= 0.3 is 0 Å². The second-order valence-corrected chi connectivity index (χ2v) is 3.66. The number of hydrogen-bond acceptors (Lipinski definition) is 1. The zero-order chi connectivity index (χ0) is 10.7. The topological polar surface area (TPSA) is 17.3 Å². The van der Waals surface area contributed by atoms with Crippen LogP contribution in [0.3, 0.4) is 0 Å². The van der Waals surface area contributed by atoms with Gasteiger partial charge in [-0.3, -0.25) is 4.90 Å². The molecule has 0 spiro atoms. The van der Waals surface area contributed by atoms with Crippen molar-refractivity contribution in [3.05, 3.63) is 35.4 Å². The number of nitrogens with zero attached hydrogens (tertiary/aromatic N) is 2. The van der Waals surface area contributed by atoms with E-state index in [1.165, 1.54) is 0 Å². The van der Waals surface area contributed by atoms with Gasteiger partial charge in [-0.25, -0.2) is 14.1 Å². The summed E-state index contributed by atoms with van der Waals surface area (Å²) >= 11 is 0. The molecule has 15 heavy (non-hydrogen) atoms. The molecular weight excluding hydrogens is 198 g/mol. The fraction of sp³-hybridized carbons (Fsp3) is 0.455. The first-order chi connectivity index (χ1) is 7.27. The van der Waals surface area contributed by atoms with Crippen LogP contribution in [0.25, 0.3) is 0 Å². The van der Waals surface area contributed by atoms with Crippen LogP contribution in [0.2, 0.25) is 0 Å². The average Bonchev–Trinajstić information content (AvgIpc) is 2.26. The number of rotatable bonds is 2. The summed E-state index contributed by atoms with van der Waals surface area (Å²) in [4.78, 5) is 2.09. The van der Waals surface area contributed by atoms with E-state index in [4.69, 9.17) is 0 Å². The quantitative estimate of drug-likeness (QED) is 0.722. The monoisotopic (exact) mass is 211 g/mol. The zero-order valence-electron chi connectivity index (χ0n) is 8.42. The van der Waals surface area contributed by atoms with Crippen molar-refractivity contribution in [3.63, 3.8) is 0 Å². The smallest absolute Gasteiger partial charge is 0.163 e. The zero-order valence-corrected chi connectivity index (χ0v) is 8.42. The van der Waals surface area contributed by atoms with Crippen LogP contribution in [-0.4, -0.2) is 31.1 Å². The Balaban J connectivity index is 2.06. The summed E-state index contributed by atoms with van der Waals surface area (Å²) in [5, 5.41) is 4.20. The highest BCUT2D eigenvalue weighted by molar-refractivity contribution is 5.18. The van der Waals surface area contributed by atoms with Crippen LogP contribution in [-0.2, 0) is 6.54 Å². The average molecular weight is 211 g/mol. The van der Waals surface area contributed by atoms with Crippen molar-refractivity contribution in [1.29, 1.82) is 0 Å². The van der Waals surface area contributed by atoms with Crippen molar-refractivity contribution in [2.75, 3.05) is 26.2 Å². The van der Waals surface area contributed by atoms with Gasteiger partial charge in [-0.1, -0.05) is 12.1 Å². The molecule has 1 aromatic carbocycles. The summed E-state index contributed by atoms with van der Waals surface area (Å²) in [7, 11) is 0. The molecule has 0 bridgehead atoms. The SMILES string of the molecule is Fc1cccc(CN2CC[N]CC2)c1F. The largest absolute Gasteiger partial charge is 0.296 e. The Morgan fingerprint density at radius 3 is 2.67 bits per heavy atom. The molecular formula is C11H13F2N2. The van der Waals surface area contributed by atoms with Gasteiger partial charge in [0, 0.05) is 38.3 Å². The lowest BCUT2D eigenvalue weighted by atomic mass is 10.2. The molecule has 2 nitrogen and oxygen atoms in total. The minimum atomic E-state index is -0.769. The number of piperazine rings is 1. The molecule has 81 valence electrons. The Bertz CT molecular complexity index is 335. The van der Waals surface area contributed by atoms with Crippen LogP contribution in [0, 0.1) is 11.6 Å². The van der Waals surface area contributed by atoms with Gasteiger partial charge in [-0.15, -0.1) is 0 Å². The number of hydrogen-bond donors (Lipinski definition) is 0. The Morgan fingerprint density at radius 1 is 1.20 bits per heavy atom. The van der Waals surface area contributed by atoms with E-state index in [0.29, 0.717) is 12.1 Å². The van der Waals surface area contributed by atoms with E-state index in [1.807, 2.05) is 0 Å². The summed E-state index contributed by atoms with van der Waals surface area (Å²) in [5.41, 5.74) is 0.428. The van der Waals surface area contributed by atoms with E-state index in [2.05, 4.69) is 10.2 Å². The molecule has 1 aromatic rings. The molecule has 0 amide bonds. The maximum atomic E-state index is 13.3. The first-order valence-electron chi connectivity index (χ1n) is 5.06. The van der Waals surface area contributed by atoms with Gasteiger partial charge in [0.05, 0.1) is 0 Å². The second-order valence-electron chi connectivity index (χ2n) is 3.66. The standard InChI is InChI=1S/C11H13F2N2/c12-10-3-1-2-9(11(10)13)8-15-6-4-14-5-7-15/h1-3H,4-8H2. The molecule has 4 heteroatoms. The van der Waals surface area contributed by atoms with Gasteiger partial charge in [0.2, 0.25) is 0 Å². The summed E-state index contributed by atoms with van der Waals surface area (Å²) in [5.74, 6) is -1.49. The fourth-order valence-electron chi connectivity index (χ4n) is 1.72. The Kier molecular flexibility index (Phi) is 3.28. The third-order valence-corrected chi connectivity index (χ3v) is 2.57. The minimum Gasteiger partial charge on any atom is -0.296 e. The van der Waals surface area contributed by atoms with Gasteiger partial charge in [-0.2, -0.15) is 0 Å². The molecule has 1 radical (unpaired) electrons. The Morgan fingerprint density at radius 2 is 1.93 bits per heavy atom. The fourth-order valence-corrected chi connectivity index (χ4v) is 1.72. The van der Waals surface area contributed by atoms with Crippen molar-refractivity contribution in [2.24, 2.45) is 0 Å². The van der Waals surface area contributed by atoms with Crippen LogP contribution in [0.1, 0.15) is 5.56 Å². The molecule has 0 aliphatic carbocycles. The van der Waals surface area contributed by atoms with Crippen molar-refractivity contribution in [1.82, 2.24) is 10.2 Å². The van der Waals surface area contributed by atoms with Crippen LogP contribution in [0.5, 0.6) is 0 Å². The number of halogens is 2. The summed E-state index contributed by atoms with van der Waals surface area (Å²) in [6.07, 6.45) is 0.